The lowest BCUT2D eigenvalue weighted by Crippen LogP contribution is -2.34. The van der Waals surface area contributed by atoms with Crippen molar-refractivity contribution in [3.63, 3.8) is 0 Å². The van der Waals surface area contributed by atoms with Gasteiger partial charge in [-0.3, -0.25) is 0 Å². The van der Waals surface area contributed by atoms with Crippen LogP contribution in [0.25, 0.3) is 16.7 Å². The van der Waals surface area contributed by atoms with E-state index in [0.29, 0.717) is 6.54 Å². The van der Waals surface area contributed by atoms with Gasteiger partial charge in [-0.25, -0.2) is 4.98 Å². The molecule has 2 heterocycles. The topological polar surface area (TPSA) is 26.6 Å². The van der Waals surface area contributed by atoms with Crippen molar-refractivity contribution >= 4 is 11.0 Å². The van der Waals surface area contributed by atoms with E-state index in [-0.39, 0.29) is 0 Å². The Kier molecular flexibility index (Phi) is 4.11. The standard InChI is InChI=1S/C22H24N4/c1-5-26-20-9-7-6-8-19(20)23-21(26)14-24-10-11-25(15-24)22-17(3)12-16(2)13-18(22)4/h6-13H,5,14H2,1-4H3. The van der Waals surface area contributed by atoms with Crippen LogP contribution in [0, 0.1) is 27.1 Å². The third-order valence-corrected chi connectivity index (χ3v) is 4.87. The van der Waals surface area contributed by atoms with E-state index >= 15 is 0 Å². The van der Waals surface area contributed by atoms with Crippen molar-refractivity contribution in [2.75, 3.05) is 0 Å². The van der Waals surface area contributed by atoms with Crippen molar-refractivity contribution in [2.45, 2.75) is 40.8 Å². The van der Waals surface area contributed by atoms with Crippen LogP contribution in [0.3, 0.4) is 0 Å². The molecule has 0 amide bonds. The molecule has 2 aromatic heterocycles. The third kappa shape index (κ3) is 2.81. The molecule has 0 saturated heterocycles. The van der Waals surface area contributed by atoms with Gasteiger partial charge in [-0.2, -0.15) is 0 Å². The molecule has 0 N–H and O–H groups in total. The van der Waals surface area contributed by atoms with Crippen molar-refractivity contribution in [1.29, 1.82) is 0 Å². The van der Waals surface area contributed by atoms with E-state index in [2.05, 4.69) is 90.4 Å². The average Bonchev–Trinajstić information content (AvgIpc) is 3.18. The van der Waals surface area contributed by atoms with E-state index in [1.807, 2.05) is 6.07 Å². The Morgan fingerprint density at radius 3 is 2.54 bits per heavy atom. The van der Waals surface area contributed by atoms with Gasteiger partial charge in [0, 0.05) is 18.9 Å². The van der Waals surface area contributed by atoms with Crippen molar-refractivity contribution in [1.82, 2.24) is 14.1 Å². The monoisotopic (exact) mass is 344 g/mol. The Balaban J connectivity index is 1.70. The fourth-order valence-corrected chi connectivity index (χ4v) is 3.87. The maximum atomic E-state index is 4.82. The molecule has 0 bridgehead atoms. The average molecular weight is 344 g/mol. The molecular weight excluding hydrogens is 320 g/mol. The minimum Gasteiger partial charge on any atom is -0.326 e. The number of fused-ring (bicyclic) bond motifs is 1. The molecule has 0 aliphatic heterocycles. The van der Waals surface area contributed by atoms with E-state index < -0.39 is 0 Å². The molecule has 0 spiro atoms. The number of imidazole rings is 2. The fraction of sp³-hybridized carbons (Fsp3) is 0.273. The molecule has 26 heavy (non-hydrogen) atoms. The van der Waals surface area contributed by atoms with Crippen LogP contribution >= 0.6 is 0 Å². The number of hydrogen-bond donors (Lipinski definition) is 0. The first kappa shape index (κ1) is 16.6. The van der Waals surface area contributed by atoms with Gasteiger partial charge in [0.2, 0.25) is 6.33 Å². The van der Waals surface area contributed by atoms with Gasteiger partial charge < -0.3 is 13.7 Å². The minimum absolute atomic E-state index is 0.708. The second-order valence-electron chi connectivity index (χ2n) is 6.90. The molecule has 2 aromatic carbocycles. The van der Waals surface area contributed by atoms with E-state index in [9.17, 15) is 0 Å². The van der Waals surface area contributed by atoms with Gasteiger partial charge in [-0.15, -0.1) is 0 Å². The molecule has 0 aliphatic rings. The summed E-state index contributed by atoms with van der Waals surface area (Å²) < 4.78 is 6.44. The van der Waals surface area contributed by atoms with Gasteiger partial charge in [0.15, 0.2) is 5.82 Å². The number of aromatic nitrogens is 4. The summed E-state index contributed by atoms with van der Waals surface area (Å²) >= 11 is 0. The number of para-hydroxylation sites is 2. The second-order valence-corrected chi connectivity index (χ2v) is 6.90. The number of benzene rings is 2. The van der Waals surface area contributed by atoms with Gasteiger partial charge in [0.1, 0.15) is 6.54 Å². The Morgan fingerprint density at radius 1 is 1.08 bits per heavy atom. The Labute approximate surface area is 154 Å². The van der Waals surface area contributed by atoms with Crippen LogP contribution in [-0.4, -0.2) is 14.1 Å². The predicted molar refractivity (Wildman–Crippen MR) is 104 cm³/mol. The van der Waals surface area contributed by atoms with Crippen LogP contribution in [0.5, 0.6) is 0 Å². The summed E-state index contributed by atoms with van der Waals surface area (Å²) in [5.41, 5.74) is 7.27. The maximum absolute atomic E-state index is 4.82. The molecule has 132 valence electrons. The molecule has 4 heteroatoms. The van der Waals surface area contributed by atoms with Gasteiger partial charge in [0.05, 0.1) is 16.7 Å². The zero-order valence-electron chi connectivity index (χ0n) is 15.8. The van der Waals surface area contributed by atoms with Crippen LogP contribution in [0.4, 0.5) is 0 Å². The summed E-state index contributed by atoms with van der Waals surface area (Å²) in [5.74, 6) is 1.06. The molecule has 4 aromatic rings. The molecule has 4 nitrogen and oxygen atoms in total. The number of hydrogen-bond acceptors (Lipinski definition) is 1. The molecule has 4 rings (SSSR count). The van der Waals surface area contributed by atoms with E-state index in [4.69, 9.17) is 4.98 Å². The summed E-state index contributed by atoms with van der Waals surface area (Å²) in [5, 5.41) is 0. The normalized spacial score (nSPS) is 11.4. The van der Waals surface area contributed by atoms with Gasteiger partial charge in [-0.1, -0.05) is 29.8 Å². The first-order chi connectivity index (χ1) is 12.6. The Morgan fingerprint density at radius 2 is 1.81 bits per heavy atom. The van der Waals surface area contributed by atoms with Crippen LogP contribution in [-0.2, 0) is 13.1 Å². The highest BCUT2D eigenvalue weighted by Gasteiger charge is 2.12. The highest BCUT2D eigenvalue weighted by atomic mass is 15.2. The van der Waals surface area contributed by atoms with Crippen molar-refractivity contribution in [2.24, 2.45) is 0 Å². The Bertz CT molecular complexity index is 1060. The zero-order valence-corrected chi connectivity index (χ0v) is 15.8. The predicted octanol–water partition coefficient (Wildman–Crippen LogP) is 3.91. The highest BCUT2D eigenvalue weighted by molar-refractivity contribution is 5.75. The maximum Gasteiger partial charge on any atom is 0.243 e. The van der Waals surface area contributed by atoms with Crippen LogP contribution in [0.2, 0.25) is 0 Å². The lowest BCUT2D eigenvalue weighted by atomic mass is 10.1. The number of aryl methyl sites for hydroxylation is 4. The van der Waals surface area contributed by atoms with E-state index in [0.717, 1.165) is 17.9 Å². The summed E-state index contributed by atoms with van der Waals surface area (Å²) in [6.45, 7) is 10.2. The molecule has 0 saturated carbocycles. The van der Waals surface area contributed by atoms with E-state index in [1.165, 1.54) is 27.9 Å². The van der Waals surface area contributed by atoms with Gasteiger partial charge >= 0.3 is 0 Å². The minimum atomic E-state index is 0.708. The molecule has 0 atom stereocenters. The lowest BCUT2D eigenvalue weighted by molar-refractivity contribution is -0.692. The van der Waals surface area contributed by atoms with Crippen molar-refractivity contribution in [3.05, 3.63) is 77.6 Å². The highest BCUT2D eigenvalue weighted by Crippen LogP contribution is 2.20. The summed E-state index contributed by atoms with van der Waals surface area (Å²) in [6, 6.07) is 12.8. The van der Waals surface area contributed by atoms with Crippen molar-refractivity contribution < 1.29 is 4.57 Å². The van der Waals surface area contributed by atoms with Gasteiger partial charge in [-0.05, 0) is 51.0 Å². The Hall–Kier alpha value is -2.88. The van der Waals surface area contributed by atoms with Crippen LogP contribution in [0.15, 0.2) is 48.8 Å². The smallest absolute Gasteiger partial charge is 0.243 e. The molecule has 0 radical (unpaired) electrons. The van der Waals surface area contributed by atoms with Crippen LogP contribution in [0.1, 0.15) is 29.4 Å². The quantitative estimate of drug-likeness (QED) is 0.407. The summed E-state index contributed by atoms with van der Waals surface area (Å²) in [6.07, 6.45) is 7.60. The fourth-order valence-electron chi connectivity index (χ4n) is 3.87. The molecule has 0 aliphatic carbocycles. The molecular formula is C22H24N4. The third-order valence-electron chi connectivity index (χ3n) is 4.87. The zero-order chi connectivity index (χ0) is 18.3. The number of rotatable bonds is 4. The van der Waals surface area contributed by atoms with Gasteiger partial charge in [0.25, 0.3) is 0 Å². The van der Waals surface area contributed by atoms with Crippen molar-refractivity contribution in [3.8, 4) is 5.69 Å². The second kappa shape index (κ2) is 6.45. The summed E-state index contributed by atoms with van der Waals surface area (Å²) in [7, 11) is 0. The number of nitrogens with zero attached hydrogens (tertiary/aromatic N) is 4. The molecule has 0 fully saturated rings. The first-order valence-corrected chi connectivity index (χ1v) is 9.09. The summed E-state index contributed by atoms with van der Waals surface area (Å²) in [4.78, 5) is 4.82. The molecule has 0 unspecified atom stereocenters. The van der Waals surface area contributed by atoms with E-state index in [1.54, 1.807) is 0 Å². The SMILES string of the molecule is CCn1c(C[n+]2[c-]n(-c3c(C)cc(C)cc3C)cc2)nc2ccccc21. The largest absolute Gasteiger partial charge is 0.326 e. The first-order valence-electron chi connectivity index (χ1n) is 9.09. The van der Waals surface area contributed by atoms with Crippen LogP contribution < -0.4 is 4.57 Å². The lowest BCUT2D eigenvalue weighted by Gasteiger charge is -2.12.